The van der Waals surface area contributed by atoms with Gasteiger partial charge in [-0.1, -0.05) is 49.4 Å². The number of anilines is 1. The molecule has 0 spiro atoms. The van der Waals surface area contributed by atoms with E-state index in [0.29, 0.717) is 35.8 Å². The number of amides is 4. The van der Waals surface area contributed by atoms with Crippen LogP contribution < -0.4 is 19.7 Å². The van der Waals surface area contributed by atoms with Gasteiger partial charge in [0.05, 0.1) is 12.8 Å². The summed E-state index contributed by atoms with van der Waals surface area (Å²) >= 11 is 0. The predicted molar refractivity (Wildman–Crippen MR) is 138 cm³/mol. The first kappa shape index (κ1) is 24.7. The second-order valence-electron chi connectivity index (χ2n) is 8.56. The Balaban J connectivity index is 1.60. The van der Waals surface area contributed by atoms with Crippen LogP contribution in [0.4, 0.5) is 10.5 Å². The van der Waals surface area contributed by atoms with Gasteiger partial charge < -0.3 is 9.47 Å². The van der Waals surface area contributed by atoms with Gasteiger partial charge in [-0.05, 0) is 72.4 Å². The van der Waals surface area contributed by atoms with Crippen molar-refractivity contribution in [1.82, 2.24) is 5.32 Å². The largest absolute Gasteiger partial charge is 0.493 e. The molecule has 7 heteroatoms. The van der Waals surface area contributed by atoms with Crippen molar-refractivity contribution in [1.29, 1.82) is 0 Å². The lowest BCUT2D eigenvalue weighted by Crippen LogP contribution is -2.54. The highest BCUT2D eigenvalue weighted by atomic mass is 16.5. The number of hydrogen-bond acceptors (Lipinski definition) is 5. The molecule has 3 aromatic carbocycles. The molecule has 1 N–H and O–H groups in total. The van der Waals surface area contributed by atoms with Gasteiger partial charge in [-0.25, -0.2) is 9.69 Å². The maximum absolute atomic E-state index is 13.3. The lowest BCUT2D eigenvalue weighted by molar-refractivity contribution is -0.122. The Morgan fingerprint density at radius 3 is 2.42 bits per heavy atom. The van der Waals surface area contributed by atoms with E-state index in [1.165, 1.54) is 24.3 Å². The fourth-order valence-corrected chi connectivity index (χ4v) is 4.02. The summed E-state index contributed by atoms with van der Waals surface area (Å²) in [7, 11) is 1.52. The molecule has 0 atom stereocenters. The van der Waals surface area contributed by atoms with Crippen LogP contribution in [0.5, 0.6) is 11.5 Å². The molecule has 1 aliphatic heterocycles. The van der Waals surface area contributed by atoms with Gasteiger partial charge in [0.15, 0.2) is 11.5 Å². The van der Waals surface area contributed by atoms with E-state index in [1.807, 2.05) is 25.1 Å². The van der Waals surface area contributed by atoms with Crippen molar-refractivity contribution in [2.75, 3.05) is 12.0 Å². The summed E-state index contributed by atoms with van der Waals surface area (Å²) < 4.78 is 11.5. The number of benzene rings is 3. The summed E-state index contributed by atoms with van der Waals surface area (Å²) in [6, 6.07) is 17.6. The SMILES string of the molecule is CCc1ccccc1N1C(=O)NC(=O)/C(=C/c2ccc(OCc3ccc(C)c(C)c3)c(OC)c2)C1=O. The van der Waals surface area contributed by atoms with Crippen molar-refractivity contribution in [3.63, 3.8) is 0 Å². The van der Waals surface area contributed by atoms with E-state index in [0.717, 1.165) is 16.0 Å². The summed E-state index contributed by atoms with van der Waals surface area (Å²) in [6.07, 6.45) is 2.07. The molecule has 1 heterocycles. The fourth-order valence-electron chi connectivity index (χ4n) is 4.02. The van der Waals surface area contributed by atoms with Gasteiger partial charge in [0.2, 0.25) is 0 Å². The molecule has 0 aliphatic carbocycles. The van der Waals surface area contributed by atoms with Gasteiger partial charge in [0.25, 0.3) is 11.8 Å². The van der Waals surface area contributed by atoms with E-state index in [2.05, 4.69) is 31.3 Å². The quantitative estimate of drug-likeness (QED) is 0.372. The number of methoxy groups -OCH3 is 1. The van der Waals surface area contributed by atoms with Crippen LogP contribution >= 0.6 is 0 Å². The minimum atomic E-state index is -0.768. The molecule has 1 saturated heterocycles. The zero-order valence-electron chi connectivity index (χ0n) is 20.8. The summed E-state index contributed by atoms with van der Waals surface area (Å²) in [5.41, 5.74) is 5.12. The second kappa shape index (κ2) is 10.5. The van der Waals surface area contributed by atoms with Crippen LogP contribution in [0.3, 0.4) is 0 Å². The molecular weight excluding hydrogens is 456 g/mol. The number of carbonyl (C=O) groups is 3. The first-order valence-electron chi connectivity index (χ1n) is 11.7. The number of ether oxygens (including phenoxy) is 2. The van der Waals surface area contributed by atoms with Crippen molar-refractivity contribution in [2.24, 2.45) is 0 Å². The van der Waals surface area contributed by atoms with E-state index < -0.39 is 17.8 Å². The zero-order valence-corrected chi connectivity index (χ0v) is 20.8. The number of nitrogens with zero attached hydrogens (tertiary/aromatic N) is 1. The Labute approximate surface area is 210 Å². The fraction of sp³-hybridized carbons (Fsp3) is 0.207. The first-order valence-corrected chi connectivity index (χ1v) is 11.7. The number of carbonyl (C=O) groups excluding carboxylic acids is 3. The number of aryl methyl sites for hydroxylation is 3. The van der Waals surface area contributed by atoms with Crippen LogP contribution in [0, 0.1) is 13.8 Å². The zero-order chi connectivity index (χ0) is 25.8. The number of barbiturate groups is 1. The van der Waals surface area contributed by atoms with Gasteiger partial charge >= 0.3 is 6.03 Å². The average Bonchev–Trinajstić information content (AvgIpc) is 2.87. The number of urea groups is 1. The first-order chi connectivity index (χ1) is 17.3. The molecule has 3 aromatic rings. The normalized spacial score (nSPS) is 14.7. The molecule has 1 aliphatic rings. The van der Waals surface area contributed by atoms with E-state index in [4.69, 9.17) is 9.47 Å². The predicted octanol–water partition coefficient (Wildman–Crippen LogP) is 5.12. The summed E-state index contributed by atoms with van der Waals surface area (Å²) in [4.78, 5) is 39.4. The van der Waals surface area contributed by atoms with E-state index in [-0.39, 0.29) is 5.57 Å². The highest BCUT2D eigenvalue weighted by Gasteiger charge is 2.37. The second-order valence-corrected chi connectivity index (χ2v) is 8.56. The maximum Gasteiger partial charge on any atom is 0.335 e. The van der Waals surface area contributed by atoms with Crippen LogP contribution in [0.15, 0.2) is 66.2 Å². The smallest absolute Gasteiger partial charge is 0.335 e. The van der Waals surface area contributed by atoms with Crippen LogP contribution in [0.25, 0.3) is 6.08 Å². The van der Waals surface area contributed by atoms with Crippen molar-refractivity contribution in [3.05, 3.63) is 94.1 Å². The van der Waals surface area contributed by atoms with E-state index in [1.54, 1.807) is 30.3 Å². The van der Waals surface area contributed by atoms with E-state index >= 15 is 0 Å². The Morgan fingerprint density at radius 2 is 1.69 bits per heavy atom. The van der Waals surface area contributed by atoms with Crippen molar-refractivity contribution in [2.45, 2.75) is 33.8 Å². The molecule has 0 unspecified atom stereocenters. The lowest BCUT2D eigenvalue weighted by Gasteiger charge is -2.28. The standard InChI is InChI=1S/C29H28N2O5/c1-5-22-8-6-7-9-24(22)31-28(33)23(27(32)30-29(31)34)15-20-12-13-25(26(16-20)35-4)36-17-21-11-10-18(2)19(3)14-21/h6-16H,5,17H2,1-4H3,(H,30,32,34)/b23-15-. The lowest BCUT2D eigenvalue weighted by atomic mass is 10.0. The molecule has 4 rings (SSSR count). The molecule has 0 aromatic heterocycles. The third-order valence-electron chi connectivity index (χ3n) is 6.18. The van der Waals surface area contributed by atoms with Gasteiger partial charge in [-0.2, -0.15) is 0 Å². The molecule has 0 radical (unpaired) electrons. The maximum atomic E-state index is 13.3. The van der Waals surface area contributed by atoms with Crippen LogP contribution in [0.1, 0.15) is 34.7 Å². The molecular formula is C29H28N2O5. The van der Waals surface area contributed by atoms with Crippen LogP contribution in [0.2, 0.25) is 0 Å². The van der Waals surface area contributed by atoms with Gasteiger partial charge in [0.1, 0.15) is 12.2 Å². The topological polar surface area (TPSA) is 84.9 Å². The number of nitrogens with one attached hydrogen (secondary N) is 1. The summed E-state index contributed by atoms with van der Waals surface area (Å²) in [5, 5.41) is 2.27. The monoisotopic (exact) mass is 484 g/mol. The van der Waals surface area contributed by atoms with Crippen molar-refractivity contribution in [3.8, 4) is 11.5 Å². The molecule has 4 amide bonds. The molecule has 0 saturated carbocycles. The van der Waals surface area contributed by atoms with Crippen molar-refractivity contribution < 1.29 is 23.9 Å². The highest BCUT2D eigenvalue weighted by Crippen LogP contribution is 2.31. The number of imide groups is 2. The number of rotatable bonds is 7. The molecule has 36 heavy (non-hydrogen) atoms. The average molecular weight is 485 g/mol. The summed E-state index contributed by atoms with van der Waals surface area (Å²) in [5.74, 6) is -0.435. The Hall–Kier alpha value is -4.39. The Kier molecular flexibility index (Phi) is 7.20. The molecule has 1 fully saturated rings. The minimum Gasteiger partial charge on any atom is -0.493 e. The summed E-state index contributed by atoms with van der Waals surface area (Å²) in [6.45, 7) is 6.42. The van der Waals surface area contributed by atoms with Gasteiger partial charge in [-0.3, -0.25) is 14.9 Å². The molecule has 184 valence electrons. The van der Waals surface area contributed by atoms with Gasteiger partial charge in [-0.15, -0.1) is 0 Å². The Bertz CT molecular complexity index is 1380. The highest BCUT2D eigenvalue weighted by molar-refractivity contribution is 6.39. The van der Waals surface area contributed by atoms with Gasteiger partial charge in [0, 0.05) is 0 Å². The molecule has 0 bridgehead atoms. The number of hydrogen-bond donors (Lipinski definition) is 1. The van der Waals surface area contributed by atoms with Crippen LogP contribution in [-0.4, -0.2) is 25.0 Å². The minimum absolute atomic E-state index is 0.147. The third kappa shape index (κ3) is 5.00. The van der Waals surface area contributed by atoms with E-state index in [9.17, 15) is 14.4 Å². The Morgan fingerprint density at radius 1 is 0.917 bits per heavy atom. The van der Waals surface area contributed by atoms with Crippen molar-refractivity contribution >= 4 is 29.6 Å². The molecule has 7 nitrogen and oxygen atoms in total. The third-order valence-corrected chi connectivity index (χ3v) is 6.18. The van der Waals surface area contributed by atoms with Crippen LogP contribution in [-0.2, 0) is 22.6 Å². The number of para-hydroxylation sites is 1.